The van der Waals surface area contributed by atoms with Crippen molar-refractivity contribution in [1.82, 2.24) is 19.7 Å². The summed E-state index contributed by atoms with van der Waals surface area (Å²) in [4.78, 5) is 8.61. The highest BCUT2D eigenvalue weighted by Crippen LogP contribution is 2.33. The normalized spacial score (nSPS) is 11.0. The second kappa shape index (κ2) is 8.73. The van der Waals surface area contributed by atoms with Gasteiger partial charge in [-0.25, -0.2) is 9.07 Å². The summed E-state index contributed by atoms with van der Waals surface area (Å²) in [5, 5.41) is 7.77. The van der Waals surface area contributed by atoms with Crippen molar-refractivity contribution in [3.8, 4) is 22.9 Å². The molecular formula is C23H21ClFN5O. The highest BCUT2D eigenvalue weighted by Gasteiger charge is 2.18. The zero-order valence-electron chi connectivity index (χ0n) is 17.3. The lowest BCUT2D eigenvalue weighted by Gasteiger charge is -2.10. The highest BCUT2D eigenvalue weighted by molar-refractivity contribution is 6.32. The summed E-state index contributed by atoms with van der Waals surface area (Å²) >= 11 is 6.08. The molecule has 0 aliphatic rings. The minimum atomic E-state index is -0.567. The fraction of sp³-hybridized carbons (Fsp3) is 0.174. The Kier molecular flexibility index (Phi) is 5.86. The van der Waals surface area contributed by atoms with E-state index in [0.717, 1.165) is 22.5 Å². The SMILES string of the molecule is Cc1cc(-c2ccc(Nc3nc(Oc4c(F)cccc4Cl)n(C(C)C)n3)cc2)ccn1. The Hall–Kier alpha value is -3.45. The summed E-state index contributed by atoms with van der Waals surface area (Å²) in [6, 6.07) is 16.3. The van der Waals surface area contributed by atoms with E-state index in [1.54, 1.807) is 16.9 Å². The molecule has 0 bridgehead atoms. The van der Waals surface area contributed by atoms with Crippen molar-refractivity contribution in [3.63, 3.8) is 0 Å². The van der Waals surface area contributed by atoms with Gasteiger partial charge in [0.15, 0.2) is 11.6 Å². The summed E-state index contributed by atoms with van der Waals surface area (Å²) in [6.45, 7) is 5.82. The van der Waals surface area contributed by atoms with Crippen LogP contribution in [0.3, 0.4) is 0 Å². The van der Waals surface area contributed by atoms with Gasteiger partial charge in [-0.3, -0.25) is 4.98 Å². The van der Waals surface area contributed by atoms with Crippen LogP contribution in [-0.2, 0) is 0 Å². The molecule has 0 saturated carbocycles. The summed E-state index contributed by atoms with van der Waals surface area (Å²) < 4.78 is 21.4. The van der Waals surface area contributed by atoms with Gasteiger partial charge in [0.25, 0.3) is 0 Å². The van der Waals surface area contributed by atoms with Crippen LogP contribution in [0.2, 0.25) is 5.02 Å². The van der Waals surface area contributed by atoms with Crippen LogP contribution in [0.5, 0.6) is 11.8 Å². The van der Waals surface area contributed by atoms with Gasteiger partial charge < -0.3 is 10.1 Å². The zero-order chi connectivity index (χ0) is 22.0. The van der Waals surface area contributed by atoms with Crippen LogP contribution in [0.15, 0.2) is 60.8 Å². The van der Waals surface area contributed by atoms with Crippen LogP contribution >= 0.6 is 11.6 Å². The maximum atomic E-state index is 14.1. The second-order valence-electron chi connectivity index (χ2n) is 7.30. The number of aryl methyl sites for hydroxylation is 1. The fourth-order valence-electron chi connectivity index (χ4n) is 3.04. The smallest absolute Gasteiger partial charge is 0.322 e. The van der Waals surface area contributed by atoms with E-state index >= 15 is 0 Å². The molecule has 4 aromatic rings. The predicted molar refractivity (Wildman–Crippen MR) is 120 cm³/mol. The molecule has 2 heterocycles. The lowest BCUT2D eigenvalue weighted by molar-refractivity contribution is 0.360. The molecule has 0 aliphatic heterocycles. The molecule has 158 valence electrons. The summed E-state index contributed by atoms with van der Waals surface area (Å²) in [7, 11) is 0. The first-order chi connectivity index (χ1) is 14.9. The molecule has 1 N–H and O–H groups in total. The van der Waals surface area contributed by atoms with Crippen molar-refractivity contribution in [3.05, 3.63) is 77.3 Å². The first-order valence-corrected chi connectivity index (χ1v) is 10.2. The Labute approximate surface area is 184 Å². The molecule has 2 aromatic carbocycles. The van der Waals surface area contributed by atoms with E-state index < -0.39 is 5.82 Å². The van der Waals surface area contributed by atoms with Crippen LogP contribution in [0.25, 0.3) is 11.1 Å². The molecule has 0 saturated heterocycles. The molecule has 8 heteroatoms. The number of ether oxygens (including phenoxy) is 1. The van der Waals surface area contributed by atoms with Gasteiger partial charge in [0.05, 0.1) is 11.1 Å². The molecule has 31 heavy (non-hydrogen) atoms. The quantitative estimate of drug-likeness (QED) is 0.370. The monoisotopic (exact) mass is 437 g/mol. The molecule has 2 aromatic heterocycles. The van der Waals surface area contributed by atoms with E-state index in [1.165, 1.54) is 12.1 Å². The van der Waals surface area contributed by atoms with E-state index in [0.29, 0.717) is 5.95 Å². The highest BCUT2D eigenvalue weighted by atomic mass is 35.5. The first kappa shape index (κ1) is 20.8. The Morgan fingerprint density at radius 2 is 1.84 bits per heavy atom. The van der Waals surface area contributed by atoms with Crippen LogP contribution in [0, 0.1) is 12.7 Å². The van der Waals surface area contributed by atoms with Crippen molar-refractivity contribution in [2.45, 2.75) is 26.8 Å². The number of aromatic nitrogens is 4. The molecule has 0 spiro atoms. The van der Waals surface area contributed by atoms with Gasteiger partial charge in [-0.1, -0.05) is 29.8 Å². The molecule has 0 atom stereocenters. The van der Waals surface area contributed by atoms with E-state index in [-0.39, 0.29) is 22.8 Å². The second-order valence-corrected chi connectivity index (χ2v) is 7.70. The summed E-state index contributed by atoms with van der Waals surface area (Å²) in [6.07, 6.45) is 1.79. The molecular weight excluding hydrogens is 417 g/mol. The number of hydrogen-bond acceptors (Lipinski definition) is 5. The Morgan fingerprint density at radius 3 is 2.52 bits per heavy atom. The van der Waals surface area contributed by atoms with Crippen LogP contribution < -0.4 is 10.1 Å². The average molecular weight is 438 g/mol. The molecule has 6 nitrogen and oxygen atoms in total. The van der Waals surface area contributed by atoms with Gasteiger partial charge in [-0.2, -0.15) is 4.98 Å². The van der Waals surface area contributed by atoms with Crippen molar-refractivity contribution in [1.29, 1.82) is 0 Å². The van der Waals surface area contributed by atoms with Gasteiger partial charge in [0, 0.05) is 17.6 Å². The van der Waals surface area contributed by atoms with Crippen LogP contribution in [0.1, 0.15) is 25.6 Å². The van der Waals surface area contributed by atoms with Crippen molar-refractivity contribution in [2.24, 2.45) is 0 Å². The molecule has 0 radical (unpaired) electrons. The number of para-hydroxylation sites is 1. The minimum Gasteiger partial charge on any atom is -0.420 e. The van der Waals surface area contributed by atoms with Gasteiger partial charge in [-0.15, -0.1) is 5.10 Å². The van der Waals surface area contributed by atoms with Gasteiger partial charge in [0.2, 0.25) is 5.95 Å². The molecule has 0 amide bonds. The largest absolute Gasteiger partial charge is 0.420 e. The van der Waals surface area contributed by atoms with Crippen LogP contribution in [-0.4, -0.2) is 19.7 Å². The predicted octanol–water partition coefficient (Wildman–Crippen LogP) is 6.56. The summed E-state index contributed by atoms with van der Waals surface area (Å²) in [5.41, 5.74) is 3.95. The Morgan fingerprint density at radius 1 is 1.06 bits per heavy atom. The molecule has 4 rings (SSSR count). The minimum absolute atomic E-state index is 0.0547. The summed E-state index contributed by atoms with van der Waals surface area (Å²) in [5.74, 6) is -0.312. The maximum absolute atomic E-state index is 14.1. The van der Waals surface area contributed by atoms with E-state index in [2.05, 4.69) is 20.4 Å². The number of halogens is 2. The number of anilines is 2. The van der Waals surface area contributed by atoms with Crippen molar-refractivity contribution < 1.29 is 9.13 Å². The lowest BCUT2D eigenvalue weighted by Crippen LogP contribution is -2.06. The van der Waals surface area contributed by atoms with Crippen molar-refractivity contribution >= 4 is 23.2 Å². The van der Waals surface area contributed by atoms with Crippen molar-refractivity contribution in [2.75, 3.05) is 5.32 Å². The number of benzene rings is 2. The standard InChI is InChI=1S/C23H21ClFN5O/c1-14(2)30-23(31-21-19(24)5-4-6-20(21)25)28-22(29-30)27-18-9-7-16(8-10-18)17-11-12-26-15(3)13-17/h4-14H,1-3H3,(H,27,29). The first-order valence-electron chi connectivity index (χ1n) is 9.79. The van der Waals surface area contributed by atoms with Gasteiger partial charge in [0.1, 0.15) is 0 Å². The zero-order valence-corrected chi connectivity index (χ0v) is 18.1. The molecule has 0 unspecified atom stereocenters. The number of rotatable bonds is 6. The number of hydrogen-bond donors (Lipinski definition) is 1. The van der Waals surface area contributed by atoms with Gasteiger partial charge in [-0.05, 0) is 68.3 Å². The lowest BCUT2D eigenvalue weighted by atomic mass is 10.1. The van der Waals surface area contributed by atoms with Crippen LogP contribution in [0.4, 0.5) is 16.0 Å². The molecule has 0 fully saturated rings. The third kappa shape index (κ3) is 4.67. The number of pyridine rings is 1. The number of nitrogens with zero attached hydrogens (tertiary/aromatic N) is 4. The van der Waals surface area contributed by atoms with E-state index in [1.807, 2.05) is 57.2 Å². The maximum Gasteiger partial charge on any atom is 0.322 e. The van der Waals surface area contributed by atoms with E-state index in [9.17, 15) is 4.39 Å². The Bertz CT molecular complexity index is 1190. The van der Waals surface area contributed by atoms with Gasteiger partial charge >= 0.3 is 6.01 Å². The third-order valence-electron chi connectivity index (χ3n) is 4.57. The Balaban J connectivity index is 1.57. The van der Waals surface area contributed by atoms with E-state index in [4.69, 9.17) is 16.3 Å². The topological polar surface area (TPSA) is 64.9 Å². The molecule has 0 aliphatic carbocycles. The fourth-order valence-corrected chi connectivity index (χ4v) is 3.24. The number of nitrogens with one attached hydrogen (secondary N) is 1. The average Bonchev–Trinajstić information content (AvgIpc) is 3.14. The third-order valence-corrected chi connectivity index (χ3v) is 4.87.